The van der Waals surface area contributed by atoms with Crippen LogP contribution in [0.5, 0.6) is 0 Å². The molecule has 0 unspecified atom stereocenters. The third kappa shape index (κ3) is 2.34. The second-order valence-electron chi connectivity index (χ2n) is 7.96. The second-order valence-corrected chi connectivity index (χ2v) is 7.96. The molecule has 4 heteroatoms. The van der Waals surface area contributed by atoms with Gasteiger partial charge in [0.1, 0.15) is 0 Å². The van der Waals surface area contributed by atoms with Crippen molar-refractivity contribution in [1.82, 2.24) is 15.4 Å². The lowest BCUT2D eigenvalue weighted by Crippen LogP contribution is -2.49. The molecule has 1 aromatic heterocycles. The van der Waals surface area contributed by atoms with E-state index in [4.69, 9.17) is 4.98 Å². The van der Waals surface area contributed by atoms with E-state index in [2.05, 4.69) is 5.43 Å². The lowest BCUT2D eigenvalue weighted by Gasteiger charge is -2.56. The molecule has 1 N–H and O–H groups in total. The van der Waals surface area contributed by atoms with E-state index in [1.807, 2.05) is 32.4 Å². The van der Waals surface area contributed by atoms with Crippen LogP contribution in [0.25, 0.3) is 0 Å². The number of nitrogens with zero attached hydrogens (tertiary/aromatic N) is 2. The monoisotopic (exact) mass is 299 g/mol. The molecule has 4 aliphatic rings. The Hall–Kier alpha value is -1.42. The first kappa shape index (κ1) is 14.2. The summed E-state index contributed by atoms with van der Waals surface area (Å²) in [5.74, 6) is 2.64. The molecule has 0 radical (unpaired) electrons. The van der Waals surface area contributed by atoms with Gasteiger partial charge in [-0.3, -0.25) is 15.2 Å². The minimum atomic E-state index is -0.0432. The van der Waals surface area contributed by atoms with Crippen LogP contribution in [-0.4, -0.2) is 30.0 Å². The van der Waals surface area contributed by atoms with Crippen molar-refractivity contribution in [2.75, 3.05) is 14.1 Å². The van der Waals surface area contributed by atoms with Crippen molar-refractivity contribution in [3.05, 3.63) is 29.6 Å². The van der Waals surface area contributed by atoms with E-state index in [1.54, 1.807) is 5.01 Å². The number of carbonyl (C=O) groups excluding carboxylic acids is 1. The molecular weight excluding hydrogens is 274 g/mol. The van der Waals surface area contributed by atoms with Crippen LogP contribution >= 0.6 is 0 Å². The molecule has 0 saturated heterocycles. The Bertz CT molecular complexity index is 560. The summed E-state index contributed by atoms with van der Waals surface area (Å²) in [5.41, 5.74) is 4.98. The molecule has 5 rings (SSSR count). The SMILES string of the molecule is CN(C)NC(=O)c1ccnc(C23CC4CC(CC(C4)C2)C3)c1. The van der Waals surface area contributed by atoms with Gasteiger partial charge in [0.25, 0.3) is 5.91 Å². The van der Waals surface area contributed by atoms with Crippen LogP contribution in [0.3, 0.4) is 0 Å². The fourth-order valence-electron chi connectivity index (χ4n) is 5.55. The van der Waals surface area contributed by atoms with Crippen molar-refractivity contribution in [3.8, 4) is 0 Å². The zero-order chi connectivity index (χ0) is 15.3. The molecule has 4 nitrogen and oxygen atoms in total. The smallest absolute Gasteiger partial charge is 0.265 e. The summed E-state index contributed by atoms with van der Waals surface area (Å²) in [6.45, 7) is 0. The molecule has 0 aromatic carbocycles. The van der Waals surface area contributed by atoms with Gasteiger partial charge in [-0.05, 0) is 68.4 Å². The van der Waals surface area contributed by atoms with Crippen LogP contribution in [0, 0.1) is 17.8 Å². The molecule has 0 spiro atoms. The highest BCUT2D eigenvalue weighted by molar-refractivity contribution is 5.93. The molecule has 4 aliphatic carbocycles. The molecule has 0 atom stereocenters. The highest BCUT2D eigenvalue weighted by Gasteiger charge is 2.52. The average Bonchev–Trinajstić information content (AvgIpc) is 2.45. The van der Waals surface area contributed by atoms with Crippen molar-refractivity contribution in [2.45, 2.75) is 43.9 Å². The number of pyridine rings is 1. The topological polar surface area (TPSA) is 45.2 Å². The van der Waals surface area contributed by atoms with Crippen molar-refractivity contribution in [2.24, 2.45) is 17.8 Å². The summed E-state index contributed by atoms with van der Waals surface area (Å²) < 4.78 is 0. The van der Waals surface area contributed by atoms with Gasteiger partial charge in [0.2, 0.25) is 0 Å². The van der Waals surface area contributed by atoms with E-state index in [9.17, 15) is 4.79 Å². The lowest BCUT2D eigenvalue weighted by molar-refractivity contribution is -0.00722. The summed E-state index contributed by atoms with van der Waals surface area (Å²) >= 11 is 0. The number of hydrogen-bond donors (Lipinski definition) is 1. The fourth-order valence-corrected chi connectivity index (χ4v) is 5.55. The van der Waals surface area contributed by atoms with Crippen molar-refractivity contribution in [3.63, 3.8) is 0 Å². The standard InChI is InChI=1S/C18H25N3O/c1-21(2)20-17(22)15-3-4-19-16(8-15)18-9-12-5-13(10-18)7-14(6-12)11-18/h3-4,8,12-14H,5-7,9-11H2,1-2H3,(H,20,22). The first-order valence-corrected chi connectivity index (χ1v) is 8.49. The van der Waals surface area contributed by atoms with E-state index >= 15 is 0 Å². The minimum absolute atomic E-state index is 0.0432. The predicted octanol–water partition coefficient (Wildman–Crippen LogP) is 2.76. The highest BCUT2D eigenvalue weighted by Crippen LogP contribution is 2.60. The Kier molecular flexibility index (Phi) is 3.26. The van der Waals surface area contributed by atoms with Crippen LogP contribution in [0.4, 0.5) is 0 Å². The molecule has 22 heavy (non-hydrogen) atoms. The largest absolute Gasteiger partial charge is 0.285 e. The Morgan fingerprint density at radius 3 is 2.32 bits per heavy atom. The highest BCUT2D eigenvalue weighted by atomic mass is 16.2. The van der Waals surface area contributed by atoms with Crippen LogP contribution < -0.4 is 5.43 Å². The molecule has 0 aliphatic heterocycles. The molecule has 4 fully saturated rings. The zero-order valence-corrected chi connectivity index (χ0v) is 13.5. The summed E-state index contributed by atoms with van der Waals surface area (Å²) in [4.78, 5) is 17.0. The maximum Gasteiger partial charge on any atom is 0.265 e. The Morgan fingerprint density at radius 1 is 1.18 bits per heavy atom. The summed E-state index contributed by atoms with van der Waals surface area (Å²) in [6, 6.07) is 3.87. The van der Waals surface area contributed by atoms with Gasteiger partial charge in [-0.1, -0.05) is 0 Å². The number of hydrogen-bond acceptors (Lipinski definition) is 3. The first-order chi connectivity index (χ1) is 10.5. The number of carbonyl (C=O) groups is 1. The van der Waals surface area contributed by atoms with Gasteiger partial charge in [0.05, 0.1) is 0 Å². The van der Waals surface area contributed by atoms with E-state index in [0.717, 1.165) is 29.0 Å². The number of nitrogens with one attached hydrogen (secondary N) is 1. The van der Waals surface area contributed by atoms with Gasteiger partial charge >= 0.3 is 0 Å². The Labute approximate surface area is 132 Å². The van der Waals surface area contributed by atoms with E-state index in [1.165, 1.54) is 38.5 Å². The number of amides is 1. The van der Waals surface area contributed by atoms with Gasteiger partial charge in [0.15, 0.2) is 0 Å². The van der Waals surface area contributed by atoms with Gasteiger partial charge in [-0.15, -0.1) is 0 Å². The summed E-state index contributed by atoms with van der Waals surface area (Å²) in [7, 11) is 3.66. The molecule has 1 amide bonds. The first-order valence-electron chi connectivity index (χ1n) is 8.49. The molecular formula is C18H25N3O. The predicted molar refractivity (Wildman–Crippen MR) is 85.2 cm³/mol. The number of aromatic nitrogens is 1. The Balaban J connectivity index is 1.64. The number of rotatable bonds is 3. The lowest BCUT2D eigenvalue weighted by atomic mass is 9.48. The maximum atomic E-state index is 12.3. The van der Waals surface area contributed by atoms with Crippen LogP contribution in [-0.2, 0) is 5.41 Å². The third-order valence-corrected chi connectivity index (χ3v) is 5.93. The van der Waals surface area contributed by atoms with Gasteiger partial charge in [0, 0.05) is 37.0 Å². The minimum Gasteiger partial charge on any atom is -0.285 e. The molecule has 118 valence electrons. The quantitative estimate of drug-likeness (QED) is 0.873. The molecule has 1 heterocycles. The fraction of sp³-hybridized carbons (Fsp3) is 0.667. The van der Waals surface area contributed by atoms with Gasteiger partial charge in [-0.25, -0.2) is 5.01 Å². The molecule has 4 saturated carbocycles. The average molecular weight is 299 g/mol. The second kappa shape index (κ2) is 5.05. The van der Waals surface area contributed by atoms with E-state index < -0.39 is 0 Å². The van der Waals surface area contributed by atoms with Crippen LogP contribution in [0.2, 0.25) is 0 Å². The van der Waals surface area contributed by atoms with Gasteiger partial charge < -0.3 is 0 Å². The normalized spacial score (nSPS) is 35.9. The van der Waals surface area contributed by atoms with Crippen LogP contribution in [0.1, 0.15) is 54.6 Å². The van der Waals surface area contributed by atoms with Crippen molar-refractivity contribution < 1.29 is 4.79 Å². The molecule has 4 bridgehead atoms. The summed E-state index contributed by atoms with van der Waals surface area (Å²) in [5, 5.41) is 1.69. The van der Waals surface area contributed by atoms with Crippen molar-refractivity contribution >= 4 is 5.91 Å². The Morgan fingerprint density at radius 2 is 1.77 bits per heavy atom. The van der Waals surface area contributed by atoms with E-state index in [0.29, 0.717) is 0 Å². The van der Waals surface area contributed by atoms with Gasteiger partial charge in [-0.2, -0.15) is 0 Å². The summed E-state index contributed by atoms with van der Waals surface area (Å²) in [6.07, 6.45) is 9.96. The van der Waals surface area contributed by atoms with E-state index in [-0.39, 0.29) is 11.3 Å². The maximum absolute atomic E-state index is 12.3. The zero-order valence-electron chi connectivity index (χ0n) is 13.5. The van der Waals surface area contributed by atoms with Crippen molar-refractivity contribution in [1.29, 1.82) is 0 Å². The van der Waals surface area contributed by atoms with Crippen LogP contribution in [0.15, 0.2) is 18.3 Å². The number of hydrazine groups is 1. The molecule has 1 aromatic rings. The third-order valence-electron chi connectivity index (χ3n) is 5.93.